The highest BCUT2D eigenvalue weighted by atomic mass is 16.5. The minimum absolute atomic E-state index is 0.0698. The van der Waals surface area contributed by atoms with Crippen LogP contribution in [0.25, 0.3) is 0 Å². The molecule has 0 aromatic heterocycles. The molecule has 1 heterocycles. The number of anilines is 1. The molecule has 1 aliphatic rings. The zero-order valence-electron chi connectivity index (χ0n) is 9.48. The maximum absolute atomic E-state index is 11.6. The molecule has 1 aromatic carbocycles. The lowest BCUT2D eigenvalue weighted by Gasteiger charge is -2.30. The number of terminal acetylenes is 1. The Labute approximate surface area is 101 Å². The smallest absolute Gasteiger partial charge is 0.240 e. The summed E-state index contributed by atoms with van der Waals surface area (Å²) < 4.78 is 5.51. The third-order valence-electron chi connectivity index (χ3n) is 2.55. The molecular weight excluding hydrogens is 216 g/mol. The fraction of sp³-hybridized carbons (Fsp3) is 0.308. The third-order valence-corrected chi connectivity index (χ3v) is 2.55. The van der Waals surface area contributed by atoms with Gasteiger partial charge in [0.25, 0.3) is 0 Å². The Hall–Kier alpha value is -2.15. The first-order chi connectivity index (χ1) is 8.31. The molecule has 4 heteroatoms. The van der Waals surface area contributed by atoms with Crippen LogP contribution in [0.15, 0.2) is 24.3 Å². The van der Waals surface area contributed by atoms with Crippen LogP contribution in [0, 0.1) is 12.3 Å². The molecule has 2 rings (SSSR count). The van der Waals surface area contributed by atoms with Crippen molar-refractivity contribution in [3.8, 4) is 18.1 Å². The Kier molecular flexibility index (Phi) is 3.51. The molecular formula is C13H14N2O2. The summed E-state index contributed by atoms with van der Waals surface area (Å²) in [5.74, 6) is 3.13. The van der Waals surface area contributed by atoms with Gasteiger partial charge >= 0.3 is 0 Å². The van der Waals surface area contributed by atoms with Crippen molar-refractivity contribution in [2.24, 2.45) is 0 Å². The molecule has 0 atom stereocenters. The van der Waals surface area contributed by atoms with Crippen molar-refractivity contribution in [1.82, 2.24) is 5.32 Å². The number of nitrogens with zero attached hydrogens (tertiary/aromatic N) is 1. The molecule has 0 bridgehead atoms. The van der Waals surface area contributed by atoms with E-state index in [9.17, 15) is 4.79 Å². The largest absolute Gasteiger partial charge is 0.490 e. The average Bonchev–Trinajstić information content (AvgIpc) is 2.37. The minimum Gasteiger partial charge on any atom is -0.490 e. The summed E-state index contributed by atoms with van der Waals surface area (Å²) in [6, 6.07) is 7.70. The third kappa shape index (κ3) is 2.70. The Balaban J connectivity index is 2.04. The summed E-state index contributed by atoms with van der Waals surface area (Å²) >= 11 is 0. The van der Waals surface area contributed by atoms with Gasteiger partial charge in [-0.1, -0.05) is 18.1 Å². The van der Waals surface area contributed by atoms with Crippen LogP contribution in [0.4, 0.5) is 5.69 Å². The number of hydrogen-bond acceptors (Lipinski definition) is 3. The first kappa shape index (κ1) is 11.3. The van der Waals surface area contributed by atoms with Crippen molar-refractivity contribution in [2.75, 3.05) is 31.1 Å². The van der Waals surface area contributed by atoms with Crippen LogP contribution < -0.4 is 15.0 Å². The number of rotatable bonds is 3. The lowest BCUT2D eigenvalue weighted by Crippen LogP contribution is -2.41. The Morgan fingerprint density at radius 2 is 2.35 bits per heavy atom. The van der Waals surface area contributed by atoms with Gasteiger partial charge in [-0.2, -0.15) is 0 Å². The average molecular weight is 230 g/mol. The lowest BCUT2D eigenvalue weighted by atomic mass is 10.2. The standard InChI is InChI=1S/C13H14N2O2/c1-2-7-14-13(16)10-15-8-9-17-12-6-4-3-5-11(12)15/h1,3-6H,7-10H2,(H,14,16). The number of amides is 1. The van der Waals surface area contributed by atoms with Gasteiger partial charge in [0.05, 0.1) is 25.3 Å². The van der Waals surface area contributed by atoms with Crippen molar-refractivity contribution in [3.05, 3.63) is 24.3 Å². The van der Waals surface area contributed by atoms with E-state index in [2.05, 4.69) is 11.2 Å². The SMILES string of the molecule is C#CCNC(=O)CN1CCOc2ccccc21. The zero-order chi connectivity index (χ0) is 12.1. The molecule has 1 aromatic rings. The predicted octanol–water partition coefficient (Wildman–Crippen LogP) is 0.635. The topological polar surface area (TPSA) is 41.6 Å². The number of hydrogen-bond donors (Lipinski definition) is 1. The van der Waals surface area contributed by atoms with E-state index in [4.69, 9.17) is 11.2 Å². The molecule has 0 radical (unpaired) electrons. The van der Waals surface area contributed by atoms with Crippen LogP contribution in [0.1, 0.15) is 0 Å². The highest BCUT2D eigenvalue weighted by Gasteiger charge is 2.19. The number of carbonyl (C=O) groups excluding carboxylic acids is 1. The molecule has 0 fully saturated rings. The number of nitrogens with one attached hydrogen (secondary N) is 1. The number of benzene rings is 1. The van der Waals surface area contributed by atoms with E-state index in [1.807, 2.05) is 29.2 Å². The van der Waals surface area contributed by atoms with Gasteiger partial charge in [-0.15, -0.1) is 6.42 Å². The van der Waals surface area contributed by atoms with Crippen molar-refractivity contribution in [1.29, 1.82) is 0 Å². The fourth-order valence-corrected chi connectivity index (χ4v) is 1.77. The number of ether oxygens (including phenoxy) is 1. The summed E-state index contributed by atoms with van der Waals surface area (Å²) in [4.78, 5) is 13.6. The number of para-hydroxylation sites is 2. The Bertz CT molecular complexity index is 451. The van der Waals surface area contributed by atoms with Crippen LogP contribution >= 0.6 is 0 Å². The molecule has 0 unspecified atom stereocenters. The summed E-state index contributed by atoms with van der Waals surface area (Å²) in [7, 11) is 0. The lowest BCUT2D eigenvalue weighted by molar-refractivity contribution is -0.119. The van der Waals surface area contributed by atoms with E-state index < -0.39 is 0 Å². The Morgan fingerprint density at radius 3 is 3.18 bits per heavy atom. The fourth-order valence-electron chi connectivity index (χ4n) is 1.77. The van der Waals surface area contributed by atoms with E-state index in [0.717, 1.165) is 11.4 Å². The van der Waals surface area contributed by atoms with Gasteiger partial charge in [0.2, 0.25) is 5.91 Å². The van der Waals surface area contributed by atoms with Crippen molar-refractivity contribution < 1.29 is 9.53 Å². The summed E-state index contributed by atoms with van der Waals surface area (Å²) in [6.45, 7) is 1.88. The second-order valence-corrected chi connectivity index (χ2v) is 3.72. The molecule has 0 saturated carbocycles. The second kappa shape index (κ2) is 5.26. The van der Waals surface area contributed by atoms with Crippen molar-refractivity contribution >= 4 is 11.6 Å². The summed E-state index contributed by atoms with van der Waals surface area (Å²) in [5, 5.41) is 2.65. The van der Waals surface area contributed by atoms with Crippen LogP contribution in [-0.2, 0) is 4.79 Å². The molecule has 0 spiro atoms. The monoisotopic (exact) mass is 230 g/mol. The predicted molar refractivity (Wildman–Crippen MR) is 66.0 cm³/mol. The van der Waals surface area contributed by atoms with Gasteiger partial charge in [-0.05, 0) is 12.1 Å². The van der Waals surface area contributed by atoms with E-state index >= 15 is 0 Å². The first-order valence-corrected chi connectivity index (χ1v) is 5.48. The van der Waals surface area contributed by atoms with Gasteiger partial charge in [0, 0.05) is 0 Å². The van der Waals surface area contributed by atoms with Gasteiger partial charge in [0.15, 0.2) is 0 Å². The molecule has 1 amide bonds. The molecule has 17 heavy (non-hydrogen) atoms. The van der Waals surface area contributed by atoms with Gasteiger partial charge in [-0.25, -0.2) is 0 Å². The van der Waals surface area contributed by atoms with E-state index in [-0.39, 0.29) is 12.5 Å². The van der Waals surface area contributed by atoms with Crippen LogP contribution in [0.5, 0.6) is 5.75 Å². The van der Waals surface area contributed by atoms with Gasteiger partial charge < -0.3 is 15.0 Å². The van der Waals surface area contributed by atoms with E-state index in [1.165, 1.54) is 0 Å². The molecule has 1 N–H and O–H groups in total. The maximum Gasteiger partial charge on any atom is 0.240 e. The van der Waals surface area contributed by atoms with E-state index in [1.54, 1.807) is 0 Å². The Morgan fingerprint density at radius 1 is 1.53 bits per heavy atom. The summed E-state index contributed by atoms with van der Waals surface area (Å²) in [6.07, 6.45) is 5.09. The van der Waals surface area contributed by atoms with Crippen molar-refractivity contribution in [2.45, 2.75) is 0 Å². The molecule has 88 valence electrons. The quantitative estimate of drug-likeness (QED) is 0.775. The molecule has 0 aliphatic carbocycles. The molecule has 1 aliphatic heterocycles. The highest BCUT2D eigenvalue weighted by Crippen LogP contribution is 2.30. The number of carbonyl (C=O) groups is 1. The van der Waals surface area contributed by atoms with E-state index in [0.29, 0.717) is 19.7 Å². The van der Waals surface area contributed by atoms with Crippen molar-refractivity contribution in [3.63, 3.8) is 0 Å². The maximum atomic E-state index is 11.6. The second-order valence-electron chi connectivity index (χ2n) is 3.72. The van der Waals surface area contributed by atoms with Gasteiger partial charge in [0.1, 0.15) is 12.4 Å². The van der Waals surface area contributed by atoms with Gasteiger partial charge in [-0.3, -0.25) is 4.79 Å². The first-order valence-electron chi connectivity index (χ1n) is 5.48. The zero-order valence-corrected chi connectivity index (χ0v) is 9.48. The normalized spacial score (nSPS) is 13.2. The number of fused-ring (bicyclic) bond motifs is 1. The molecule has 4 nitrogen and oxygen atoms in total. The molecule has 0 saturated heterocycles. The highest BCUT2D eigenvalue weighted by molar-refractivity contribution is 5.82. The van der Waals surface area contributed by atoms with Crippen LogP contribution in [0.2, 0.25) is 0 Å². The summed E-state index contributed by atoms with van der Waals surface area (Å²) in [5.41, 5.74) is 0.953. The van der Waals surface area contributed by atoms with Crippen LogP contribution in [0.3, 0.4) is 0 Å². The minimum atomic E-state index is -0.0698. The van der Waals surface area contributed by atoms with Crippen LogP contribution in [-0.4, -0.2) is 32.1 Å².